The lowest BCUT2D eigenvalue weighted by molar-refractivity contribution is -0.122. The molecule has 1 aliphatic rings. The maximum Gasteiger partial charge on any atom is 0.235 e. The van der Waals surface area contributed by atoms with Crippen LogP contribution in [0.25, 0.3) is 0 Å². The summed E-state index contributed by atoms with van der Waals surface area (Å²) >= 11 is 0. The van der Waals surface area contributed by atoms with E-state index >= 15 is 0 Å². The number of hydrogen-bond acceptors (Lipinski definition) is 3. The Labute approximate surface area is 105 Å². The van der Waals surface area contributed by atoms with E-state index in [0.717, 1.165) is 5.92 Å². The van der Waals surface area contributed by atoms with E-state index in [4.69, 9.17) is 5.84 Å². The first-order valence-electron chi connectivity index (χ1n) is 6.79. The molecule has 1 atom stereocenters. The Kier molecular flexibility index (Phi) is 5.92. The normalized spacial score (nSPS) is 26.9. The van der Waals surface area contributed by atoms with Gasteiger partial charge in [0.15, 0.2) is 0 Å². The van der Waals surface area contributed by atoms with Crippen LogP contribution in [0.15, 0.2) is 0 Å². The van der Waals surface area contributed by atoms with Crippen LogP contribution >= 0.6 is 0 Å². The van der Waals surface area contributed by atoms with E-state index in [9.17, 15) is 4.79 Å². The molecule has 4 nitrogen and oxygen atoms in total. The van der Waals surface area contributed by atoms with Crippen LogP contribution < -0.4 is 11.3 Å². The molecule has 0 aromatic carbocycles. The number of carbonyl (C=O) groups is 1. The van der Waals surface area contributed by atoms with Gasteiger partial charge in [-0.3, -0.25) is 10.2 Å². The maximum atomic E-state index is 11.2. The van der Waals surface area contributed by atoms with Crippen LogP contribution in [0, 0.1) is 5.92 Å². The molecule has 0 aromatic rings. The Bertz CT molecular complexity index is 237. The van der Waals surface area contributed by atoms with Crippen LogP contribution in [-0.4, -0.2) is 29.9 Å². The molecule has 0 aliphatic heterocycles. The zero-order chi connectivity index (χ0) is 12.8. The molecule has 1 saturated carbocycles. The van der Waals surface area contributed by atoms with Crippen LogP contribution in [0.2, 0.25) is 0 Å². The Morgan fingerprint density at radius 2 is 2.00 bits per heavy atom. The quantitative estimate of drug-likeness (QED) is 0.437. The first kappa shape index (κ1) is 14.5. The average molecular weight is 241 g/mol. The molecular weight excluding hydrogens is 214 g/mol. The highest BCUT2D eigenvalue weighted by molar-refractivity contribution is 5.75. The minimum absolute atomic E-state index is 0.0772. The van der Waals surface area contributed by atoms with E-state index in [1.807, 2.05) is 0 Å². The number of rotatable bonds is 5. The van der Waals surface area contributed by atoms with Gasteiger partial charge in [0.2, 0.25) is 5.91 Å². The van der Waals surface area contributed by atoms with Crippen LogP contribution in [0.5, 0.6) is 0 Å². The van der Waals surface area contributed by atoms with Crippen LogP contribution in [0.4, 0.5) is 0 Å². The van der Waals surface area contributed by atoms with Gasteiger partial charge >= 0.3 is 0 Å². The molecule has 0 saturated heterocycles. The Morgan fingerprint density at radius 1 is 1.41 bits per heavy atom. The summed E-state index contributed by atoms with van der Waals surface area (Å²) < 4.78 is 0. The van der Waals surface area contributed by atoms with E-state index < -0.39 is 0 Å². The number of amides is 1. The SMILES string of the molecule is CCC1CCC(N(C)C(C)CC(=O)NN)CC1. The molecule has 0 aromatic heterocycles. The summed E-state index contributed by atoms with van der Waals surface area (Å²) in [5.41, 5.74) is 2.20. The van der Waals surface area contributed by atoms with Crippen molar-refractivity contribution in [3.8, 4) is 0 Å². The summed E-state index contributed by atoms with van der Waals surface area (Å²) in [5.74, 6) is 5.96. The molecular formula is C13H27N3O. The minimum Gasteiger partial charge on any atom is -0.300 e. The zero-order valence-electron chi connectivity index (χ0n) is 11.4. The molecule has 1 rings (SSSR count). The second-order valence-electron chi connectivity index (χ2n) is 5.37. The highest BCUT2D eigenvalue weighted by Gasteiger charge is 2.26. The lowest BCUT2D eigenvalue weighted by Gasteiger charge is -2.37. The average Bonchev–Trinajstić information content (AvgIpc) is 2.37. The number of nitrogens with one attached hydrogen (secondary N) is 1. The maximum absolute atomic E-state index is 11.2. The number of nitrogens with two attached hydrogens (primary N) is 1. The van der Waals surface area contributed by atoms with Crippen molar-refractivity contribution in [1.29, 1.82) is 0 Å². The molecule has 0 spiro atoms. The molecule has 0 heterocycles. The van der Waals surface area contributed by atoms with Crippen LogP contribution in [-0.2, 0) is 4.79 Å². The van der Waals surface area contributed by atoms with Crippen molar-refractivity contribution in [3.63, 3.8) is 0 Å². The third kappa shape index (κ3) is 4.28. The van der Waals surface area contributed by atoms with Crippen LogP contribution in [0.1, 0.15) is 52.4 Å². The predicted molar refractivity (Wildman–Crippen MR) is 70.2 cm³/mol. The first-order chi connectivity index (χ1) is 8.08. The zero-order valence-corrected chi connectivity index (χ0v) is 11.4. The highest BCUT2D eigenvalue weighted by Crippen LogP contribution is 2.29. The third-order valence-electron chi connectivity index (χ3n) is 4.31. The number of nitrogens with zero attached hydrogens (tertiary/aromatic N) is 1. The fraction of sp³-hybridized carbons (Fsp3) is 0.923. The third-order valence-corrected chi connectivity index (χ3v) is 4.31. The van der Waals surface area contributed by atoms with E-state index in [2.05, 4.69) is 31.2 Å². The van der Waals surface area contributed by atoms with Crippen molar-refractivity contribution in [2.45, 2.75) is 64.5 Å². The fourth-order valence-electron chi connectivity index (χ4n) is 2.79. The first-order valence-corrected chi connectivity index (χ1v) is 6.79. The standard InChI is InChI=1S/C13H27N3O/c1-4-11-5-7-12(8-6-11)16(3)10(2)9-13(17)15-14/h10-12H,4-9,14H2,1-3H3,(H,15,17). The minimum atomic E-state index is -0.0772. The second kappa shape index (κ2) is 6.97. The summed E-state index contributed by atoms with van der Waals surface area (Å²) in [6.45, 7) is 4.38. The van der Waals surface area contributed by atoms with Gasteiger partial charge in [-0.2, -0.15) is 0 Å². The van der Waals surface area contributed by atoms with Gasteiger partial charge in [-0.25, -0.2) is 5.84 Å². The Morgan fingerprint density at radius 3 is 2.47 bits per heavy atom. The molecule has 1 aliphatic carbocycles. The van der Waals surface area contributed by atoms with Gasteiger partial charge in [-0.1, -0.05) is 13.3 Å². The summed E-state index contributed by atoms with van der Waals surface area (Å²) in [4.78, 5) is 13.6. The van der Waals surface area contributed by atoms with Crippen molar-refractivity contribution in [3.05, 3.63) is 0 Å². The monoisotopic (exact) mass is 241 g/mol. The fourth-order valence-corrected chi connectivity index (χ4v) is 2.79. The van der Waals surface area contributed by atoms with Gasteiger partial charge in [0.25, 0.3) is 0 Å². The Balaban J connectivity index is 2.37. The van der Waals surface area contributed by atoms with E-state index in [0.29, 0.717) is 12.5 Å². The predicted octanol–water partition coefficient (Wildman–Crippen LogP) is 1.66. The van der Waals surface area contributed by atoms with E-state index in [1.165, 1.54) is 32.1 Å². The molecule has 100 valence electrons. The topological polar surface area (TPSA) is 58.4 Å². The number of hydrazine groups is 1. The second-order valence-corrected chi connectivity index (χ2v) is 5.37. The van der Waals surface area contributed by atoms with Gasteiger partial charge in [0.05, 0.1) is 0 Å². The van der Waals surface area contributed by atoms with Crippen molar-refractivity contribution < 1.29 is 4.79 Å². The molecule has 4 heteroatoms. The molecule has 0 bridgehead atoms. The van der Waals surface area contributed by atoms with Crippen molar-refractivity contribution in [2.75, 3.05) is 7.05 Å². The highest BCUT2D eigenvalue weighted by atomic mass is 16.2. The molecule has 0 radical (unpaired) electrons. The molecule has 1 amide bonds. The van der Waals surface area contributed by atoms with Gasteiger partial charge in [-0.15, -0.1) is 0 Å². The van der Waals surface area contributed by atoms with E-state index in [1.54, 1.807) is 0 Å². The number of hydrogen-bond donors (Lipinski definition) is 2. The van der Waals surface area contributed by atoms with E-state index in [-0.39, 0.29) is 11.9 Å². The van der Waals surface area contributed by atoms with Gasteiger partial charge in [0.1, 0.15) is 0 Å². The summed E-state index contributed by atoms with van der Waals surface area (Å²) in [6.07, 6.45) is 7.00. The lowest BCUT2D eigenvalue weighted by Crippen LogP contribution is -2.44. The Hall–Kier alpha value is -0.610. The molecule has 3 N–H and O–H groups in total. The van der Waals surface area contributed by atoms with Crippen molar-refractivity contribution in [2.24, 2.45) is 11.8 Å². The smallest absolute Gasteiger partial charge is 0.235 e. The van der Waals surface area contributed by atoms with Gasteiger partial charge < -0.3 is 4.90 Å². The largest absolute Gasteiger partial charge is 0.300 e. The van der Waals surface area contributed by atoms with Crippen molar-refractivity contribution >= 4 is 5.91 Å². The molecule has 1 unspecified atom stereocenters. The van der Waals surface area contributed by atoms with Crippen LogP contribution in [0.3, 0.4) is 0 Å². The summed E-state index contributed by atoms with van der Waals surface area (Å²) in [6, 6.07) is 0.903. The van der Waals surface area contributed by atoms with Gasteiger partial charge in [-0.05, 0) is 45.6 Å². The lowest BCUT2D eigenvalue weighted by atomic mass is 9.83. The van der Waals surface area contributed by atoms with Crippen molar-refractivity contribution in [1.82, 2.24) is 10.3 Å². The van der Waals surface area contributed by atoms with Gasteiger partial charge in [0, 0.05) is 18.5 Å². The number of carbonyl (C=O) groups excluding carboxylic acids is 1. The summed E-state index contributed by atoms with van der Waals surface area (Å²) in [5, 5.41) is 0. The molecule has 1 fully saturated rings. The molecule has 17 heavy (non-hydrogen) atoms. The summed E-state index contributed by atoms with van der Waals surface area (Å²) in [7, 11) is 2.13.